The van der Waals surface area contributed by atoms with E-state index in [0.29, 0.717) is 19.7 Å². The molecule has 1 aliphatic rings. The molecule has 3 rings (SSSR count). The van der Waals surface area contributed by atoms with E-state index in [4.69, 9.17) is 4.74 Å². The second kappa shape index (κ2) is 9.64. The van der Waals surface area contributed by atoms with Gasteiger partial charge in [-0.2, -0.15) is 5.26 Å². The van der Waals surface area contributed by atoms with Crippen LogP contribution < -0.4 is 5.32 Å². The summed E-state index contributed by atoms with van der Waals surface area (Å²) in [6, 6.07) is 14.5. The fraction of sp³-hybridized carbons (Fsp3) is 0.417. The number of rotatable bonds is 7. The van der Waals surface area contributed by atoms with Crippen LogP contribution >= 0.6 is 0 Å². The fourth-order valence-corrected chi connectivity index (χ4v) is 4.24. The predicted octanol–water partition coefficient (Wildman–Crippen LogP) is 3.93. The van der Waals surface area contributed by atoms with Crippen LogP contribution in [0.1, 0.15) is 36.3 Å². The molecule has 0 aliphatic carbocycles. The van der Waals surface area contributed by atoms with Crippen molar-refractivity contribution in [1.29, 1.82) is 5.26 Å². The third kappa shape index (κ3) is 4.74. The number of benzene rings is 1. The zero-order chi connectivity index (χ0) is 21.7. The van der Waals surface area contributed by atoms with Gasteiger partial charge >= 0.3 is 0 Å². The lowest BCUT2D eigenvalue weighted by Gasteiger charge is -2.18. The highest BCUT2D eigenvalue weighted by Gasteiger charge is 2.28. The molecule has 0 spiro atoms. The Morgan fingerprint density at radius 1 is 1.37 bits per heavy atom. The summed E-state index contributed by atoms with van der Waals surface area (Å²) in [6.45, 7) is 7.98. The Hall–Kier alpha value is -3.04. The Balaban J connectivity index is 1.73. The molecule has 6 nitrogen and oxygen atoms in total. The lowest BCUT2D eigenvalue weighted by atomic mass is 10.1. The van der Waals surface area contributed by atoms with Crippen molar-refractivity contribution < 1.29 is 9.53 Å². The van der Waals surface area contributed by atoms with Crippen LogP contribution in [0.5, 0.6) is 0 Å². The van der Waals surface area contributed by atoms with Gasteiger partial charge in [-0.25, -0.2) is 0 Å². The molecule has 1 aliphatic heterocycles. The number of nitrogens with zero attached hydrogens (tertiary/aromatic N) is 3. The molecule has 2 heterocycles. The van der Waals surface area contributed by atoms with Gasteiger partial charge in [0.1, 0.15) is 11.6 Å². The van der Waals surface area contributed by atoms with E-state index in [0.717, 1.165) is 29.1 Å². The highest BCUT2D eigenvalue weighted by atomic mass is 16.5. The van der Waals surface area contributed by atoms with Crippen LogP contribution in [-0.2, 0) is 9.53 Å². The second-order valence-electron chi connectivity index (χ2n) is 7.92. The molecular formula is C24H30N4O2. The molecule has 1 aromatic heterocycles. The summed E-state index contributed by atoms with van der Waals surface area (Å²) < 4.78 is 7.47. The van der Waals surface area contributed by atoms with Crippen LogP contribution in [0, 0.1) is 25.2 Å². The van der Waals surface area contributed by atoms with E-state index in [-0.39, 0.29) is 23.6 Å². The lowest BCUT2D eigenvalue weighted by Crippen LogP contribution is -2.32. The Morgan fingerprint density at radius 2 is 2.10 bits per heavy atom. The zero-order valence-electron chi connectivity index (χ0n) is 18.2. The van der Waals surface area contributed by atoms with Gasteiger partial charge in [-0.05, 0) is 57.0 Å². The van der Waals surface area contributed by atoms with Crippen LogP contribution in [0.4, 0.5) is 5.69 Å². The van der Waals surface area contributed by atoms with Crippen LogP contribution in [0.2, 0.25) is 0 Å². The average molecular weight is 407 g/mol. The summed E-state index contributed by atoms with van der Waals surface area (Å²) >= 11 is 0. The largest absolute Gasteiger partial charge is 0.383 e. The normalized spacial score (nSPS) is 17.6. The van der Waals surface area contributed by atoms with E-state index in [2.05, 4.69) is 22.9 Å². The van der Waals surface area contributed by atoms with Gasteiger partial charge in [-0.3, -0.25) is 4.79 Å². The molecule has 158 valence electrons. The molecule has 1 fully saturated rings. The highest BCUT2D eigenvalue weighted by molar-refractivity contribution is 6.02. The number of carbonyl (C=O) groups is 1. The molecule has 30 heavy (non-hydrogen) atoms. The number of hydrogen-bond donors (Lipinski definition) is 1. The van der Waals surface area contributed by atoms with Crippen molar-refractivity contribution in [3.05, 3.63) is 58.9 Å². The minimum absolute atomic E-state index is 0.176. The molecule has 1 amide bonds. The summed E-state index contributed by atoms with van der Waals surface area (Å²) in [4.78, 5) is 14.8. The Kier molecular flexibility index (Phi) is 6.96. The summed E-state index contributed by atoms with van der Waals surface area (Å²) in [5.41, 5.74) is 4.24. The number of anilines is 1. The first-order valence-corrected chi connectivity index (χ1v) is 10.3. The van der Waals surface area contributed by atoms with E-state index in [1.54, 1.807) is 18.1 Å². The number of nitrogens with one attached hydrogen (secondary N) is 1. The first kappa shape index (κ1) is 21.7. The number of methoxy groups -OCH3 is 1. The highest BCUT2D eigenvalue weighted by Crippen LogP contribution is 2.24. The van der Waals surface area contributed by atoms with Crippen molar-refractivity contribution >= 4 is 17.7 Å². The van der Waals surface area contributed by atoms with Gasteiger partial charge < -0.3 is 19.5 Å². The number of nitriles is 1. The van der Waals surface area contributed by atoms with Crippen molar-refractivity contribution in [2.75, 3.05) is 32.1 Å². The van der Waals surface area contributed by atoms with Gasteiger partial charge in [0.15, 0.2) is 0 Å². The summed E-state index contributed by atoms with van der Waals surface area (Å²) in [5.74, 6) is -0.204. The van der Waals surface area contributed by atoms with Crippen LogP contribution in [0.3, 0.4) is 0 Å². The SMILES string of the molecule is COCC(C)n1c(C)cc(/C=C(/C#N)C(=O)N2CCC(Nc3ccccc3)C2)c1C. The minimum Gasteiger partial charge on any atom is -0.383 e. The first-order chi connectivity index (χ1) is 14.4. The van der Waals surface area contributed by atoms with Gasteiger partial charge in [-0.15, -0.1) is 0 Å². The fourth-order valence-electron chi connectivity index (χ4n) is 4.24. The molecule has 1 aromatic carbocycles. The Morgan fingerprint density at radius 3 is 2.77 bits per heavy atom. The van der Waals surface area contributed by atoms with Gasteiger partial charge in [0.05, 0.1) is 12.6 Å². The topological polar surface area (TPSA) is 70.3 Å². The van der Waals surface area contributed by atoms with Crippen molar-refractivity contribution in [1.82, 2.24) is 9.47 Å². The summed E-state index contributed by atoms with van der Waals surface area (Å²) in [6.07, 6.45) is 2.58. The lowest BCUT2D eigenvalue weighted by molar-refractivity contribution is -0.125. The average Bonchev–Trinajstić information content (AvgIpc) is 3.30. The predicted molar refractivity (Wildman–Crippen MR) is 119 cm³/mol. The monoisotopic (exact) mass is 406 g/mol. The first-order valence-electron chi connectivity index (χ1n) is 10.3. The van der Waals surface area contributed by atoms with Crippen molar-refractivity contribution in [2.45, 2.75) is 39.3 Å². The van der Waals surface area contributed by atoms with E-state index in [1.807, 2.05) is 50.2 Å². The third-order valence-electron chi connectivity index (χ3n) is 5.64. The second-order valence-corrected chi connectivity index (χ2v) is 7.92. The van der Waals surface area contributed by atoms with Crippen molar-refractivity contribution in [3.8, 4) is 6.07 Å². The van der Waals surface area contributed by atoms with E-state index >= 15 is 0 Å². The minimum atomic E-state index is -0.204. The van der Waals surface area contributed by atoms with Crippen molar-refractivity contribution in [3.63, 3.8) is 0 Å². The molecule has 0 radical (unpaired) electrons. The quantitative estimate of drug-likeness (QED) is 0.559. The number of ether oxygens (including phenoxy) is 1. The zero-order valence-corrected chi connectivity index (χ0v) is 18.2. The number of amides is 1. The molecule has 2 aromatic rings. The van der Waals surface area contributed by atoms with Gasteiger partial charge in [0, 0.05) is 43.3 Å². The maximum atomic E-state index is 13.0. The number of aromatic nitrogens is 1. The van der Waals surface area contributed by atoms with Crippen LogP contribution in [0.15, 0.2) is 42.0 Å². The molecule has 6 heteroatoms. The number of hydrogen-bond acceptors (Lipinski definition) is 4. The number of aryl methyl sites for hydroxylation is 1. The van der Waals surface area contributed by atoms with Crippen LogP contribution in [-0.4, -0.2) is 48.2 Å². The molecule has 2 atom stereocenters. The maximum Gasteiger partial charge on any atom is 0.264 e. The molecule has 1 N–H and O–H groups in total. The molecule has 2 unspecified atom stereocenters. The standard InChI is InChI=1S/C24H30N4O2/c1-17-12-20(19(3)28(17)18(2)16-30-4)13-21(14-25)24(29)27-11-10-23(15-27)26-22-8-6-5-7-9-22/h5-9,12-13,18,23,26H,10-11,15-16H2,1-4H3/b21-13-. The molecule has 0 saturated carbocycles. The van der Waals surface area contributed by atoms with E-state index < -0.39 is 0 Å². The number of para-hydroxylation sites is 1. The number of carbonyl (C=O) groups excluding carboxylic acids is 1. The summed E-state index contributed by atoms with van der Waals surface area (Å²) in [5, 5.41) is 13.1. The summed E-state index contributed by atoms with van der Waals surface area (Å²) in [7, 11) is 1.69. The van der Waals surface area contributed by atoms with Gasteiger partial charge in [-0.1, -0.05) is 18.2 Å². The molecular weight excluding hydrogens is 376 g/mol. The van der Waals surface area contributed by atoms with Gasteiger partial charge in [0.2, 0.25) is 0 Å². The third-order valence-corrected chi connectivity index (χ3v) is 5.64. The Labute approximate surface area is 178 Å². The van der Waals surface area contributed by atoms with Gasteiger partial charge in [0.25, 0.3) is 5.91 Å². The smallest absolute Gasteiger partial charge is 0.264 e. The van der Waals surface area contributed by atoms with Crippen LogP contribution in [0.25, 0.3) is 6.08 Å². The van der Waals surface area contributed by atoms with Crippen molar-refractivity contribution in [2.24, 2.45) is 0 Å². The molecule has 0 bridgehead atoms. The maximum absolute atomic E-state index is 13.0. The molecule has 1 saturated heterocycles. The van der Waals surface area contributed by atoms with E-state index in [9.17, 15) is 10.1 Å². The van der Waals surface area contributed by atoms with E-state index in [1.165, 1.54) is 0 Å². The number of likely N-dealkylation sites (tertiary alicyclic amines) is 1. The Bertz CT molecular complexity index is 956.